The predicted molar refractivity (Wildman–Crippen MR) is 180 cm³/mol. The van der Waals surface area contributed by atoms with Gasteiger partial charge in [0.25, 0.3) is 11.8 Å². The van der Waals surface area contributed by atoms with Crippen molar-refractivity contribution < 1.29 is 23.5 Å². The second kappa shape index (κ2) is 12.9. The Morgan fingerprint density at radius 3 is 2.15 bits per heavy atom. The van der Waals surface area contributed by atoms with Crippen LogP contribution in [-0.2, 0) is 14.3 Å². The number of esters is 1. The number of hydrogen-bond acceptors (Lipinski definition) is 5. The van der Waals surface area contributed by atoms with Crippen molar-refractivity contribution in [3.63, 3.8) is 0 Å². The summed E-state index contributed by atoms with van der Waals surface area (Å²) in [6.07, 6.45) is 1.52. The number of carbonyl (C=O) groups is 3. The summed E-state index contributed by atoms with van der Waals surface area (Å²) in [4.78, 5) is 40.7. The van der Waals surface area contributed by atoms with Crippen LogP contribution in [0.4, 0.5) is 10.1 Å². The Hall–Kier alpha value is -5.38. The molecule has 4 aromatic carbocycles. The molecule has 1 aliphatic rings. The van der Waals surface area contributed by atoms with Gasteiger partial charge in [0, 0.05) is 11.3 Å². The average Bonchev–Trinajstić information content (AvgIpc) is 3.45. The quantitative estimate of drug-likeness (QED) is 0.0850. The van der Waals surface area contributed by atoms with E-state index in [0.29, 0.717) is 16.8 Å². The number of nitrogens with zero attached hydrogens (tertiary/aromatic N) is 2. The molecule has 2 heterocycles. The maximum absolute atomic E-state index is 13.9. The van der Waals surface area contributed by atoms with Gasteiger partial charge in [0.05, 0.1) is 34.3 Å². The fraction of sp³-hybridized carbons (Fsp3) is 0.0556. The molecule has 1 aliphatic heterocycles. The molecule has 0 unspecified atom stereocenters. The Balaban J connectivity index is 1.57. The maximum atomic E-state index is 13.9. The fourth-order valence-corrected chi connectivity index (χ4v) is 5.71. The molecule has 1 fully saturated rings. The van der Waals surface area contributed by atoms with Gasteiger partial charge in [-0.3, -0.25) is 19.8 Å². The van der Waals surface area contributed by atoms with Crippen molar-refractivity contribution in [1.29, 1.82) is 0 Å². The highest BCUT2D eigenvalue weighted by Crippen LogP contribution is 2.38. The molecule has 228 valence electrons. The van der Waals surface area contributed by atoms with Crippen LogP contribution < -0.4 is 10.2 Å². The number of anilines is 1. The van der Waals surface area contributed by atoms with Crippen LogP contribution in [0, 0.1) is 5.82 Å². The van der Waals surface area contributed by atoms with Gasteiger partial charge in [0.15, 0.2) is 5.11 Å². The number of carbonyl (C=O) groups excluding carboxylic acids is 3. The van der Waals surface area contributed by atoms with E-state index in [0.717, 1.165) is 33.5 Å². The van der Waals surface area contributed by atoms with Crippen molar-refractivity contribution in [1.82, 2.24) is 9.88 Å². The lowest BCUT2D eigenvalue weighted by Gasteiger charge is -2.29. The molecule has 1 aromatic heterocycles. The zero-order chi connectivity index (χ0) is 32.4. The summed E-state index contributed by atoms with van der Waals surface area (Å²) in [5.41, 5.74) is 4.90. The number of rotatable bonds is 7. The summed E-state index contributed by atoms with van der Waals surface area (Å²) in [7, 11) is 0. The van der Waals surface area contributed by atoms with Crippen molar-refractivity contribution in [2.45, 2.75) is 6.92 Å². The van der Waals surface area contributed by atoms with Gasteiger partial charge in [-0.15, -0.1) is 0 Å². The number of hydrogen-bond donors (Lipinski definition) is 1. The number of thiocarbonyl (C=S) groups is 1. The second-order valence-electron chi connectivity index (χ2n) is 10.2. The van der Waals surface area contributed by atoms with Crippen molar-refractivity contribution in [3.05, 3.63) is 137 Å². The van der Waals surface area contributed by atoms with Crippen LogP contribution in [0.1, 0.15) is 22.8 Å². The van der Waals surface area contributed by atoms with E-state index in [1.165, 1.54) is 18.2 Å². The Morgan fingerprint density at radius 2 is 1.52 bits per heavy atom. The van der Waals surface area contributed by atoms with Crippen molar-refractivity contribution in [2.24, 2.45) is 0 Å². The third kappa shape index (κ3) is 5.85. The Morgan fingerprint density at radius 1 is 0.891 bits per heavy atom. The molecule has 0 saturated carbocycles. The number of amides is 2. The monoisotopic (exact) mass is 649 g/mol. The topological polar surface area (TPSA) is 80.6 Å². The largest absolute Gasteiger partial charge is 0.462 e. The Bertz CT molecular complexity index is 2030. The van der Waals surface area contributed by atoms with Crippen LogP contribution in [0.2, 0.25) is 5.02 Å². The molecular weight excluding hydrogens is 625 g/mol. The van der Waals surface area contributed by atoms with Crippen molar-refractivity contribution >= 4 is 58.5 Å². The average molecular weight is 650 g/mol. The molecule has 0 spiro atoms. The van der Waals surface area contributed by atoms with Crippen LogP contribution in [0.25, 0.3) is 34.3 Å². The van der Waals surface area contributed by atoms with Crippen LogP contribution in [0.15, 0.2) is 115 Å². The predicted octanol–water partition coefficient (Wildman–Crippen LogP) is 7.61. The van der Waals surface area contributed by atoms with Gasteiger partial charge in [-0.2, -0.15) is 0 Å². The minimum absolute atomic E-state index is 0.151. The van der Waals surface area contributed by atoms with E-state index in [9.17, 15) is 18.8 Å². The lowest BCUT2D eigenvalue weighted by molar-refractivity contribution is -0.122. The minimum atomic E-state index is -0.691. The smallest absolute Gasteiger partial charge is 0.338 e. The molecule has 0 bridgehead atoms. The Labute approximate surface area is 274 Å². The third-order valence-corrected chi connectivity index (χ3v) is 7.92. The standard InChI is InChI=1S/C36H25ClFN3O4S/c1-2-45-35(44)24-13-15-26(16-14-24)40-31(22-9-5-3-6-10-22)20-25(32(40)23-11-7-4-8-12-23)19-28-33(42)39-36(46)41(34(28)43)27-17-18-30(38)29(37)21-27/h3-21H,2H2,1H3,(H,39,42,46)/b28-19-. The molecule has 1 N–H and O–H groups in total. The first-order chi connectivity index (χ1) is 22.3. The van der Waals surface area contributed by atoms with E-state index in [2.05, 4.69) is 5.32 Å². The molecule has 0 aliphatic carbocycles. The van der Waals surface area contributed by atoms with E-state index in [4.69, 9.17) is 28.6 Å². The van der Waals surface area contributed by atoms with Crippen LogP contribution >= 0.6 is 23.8 Å². The number of halogens is 2. The maximum Gasteiger partial charge on any atom is 0.338 e. The minimum Gasteiger partial charge on any atom is -0.462 e. The van der Waals surface area contributed by atoms with Gasteiger partial charge in [-0.1, -0.05) is 72.3 Å². The normalized spacial score (nSPS) is 14.0. The Kier molecular flexibility index (Phi) is 8.61. The van der Waals surface area contributed by atoms with Gasteiger partial charge in [-0.05, 0) is 84.9 Å². The zero-order valence-electron chi connectivity index (χ0n) is 24.4. The molecule has 1 saturated heterocycles. The summed E-state index contributed by atoms with van der Waals surface area (Å²) in [6.45, 7) is 2.01. The van der Waals surface area contributed by atoms with Crippen LogP contribution in [-0.4, -0.2) is 34.1 Å². The van der Waals surface area contributed by atoms with E-state index in [-0.39, 0.29) is 28.0 Å². The lowest BCUT2D eigenvalue weighted by Crippen LogP contribution is -2.54. The highest BCUT2D eigenvalue weighted by Gasteiger charge is 2.35. The van der Waals surface area contributed by atoms with E-state index in [1.807, 2.05) is 83.4 Å². The van der Waals surface area contributed by atoms with E-state index >= 15 is 0 Å². The molecule has 0 atom stereocenters. The van der Waals surface area contributed by atoms with Gasteiger partial charge in [0.1, 0.15) is 11.4 Å². The summed E-state index contributed by atoms with van der Waals surface area (Å²) in [5, 5.41) is 2.23. The van der Waals surface area contributed by atoms with Gasteiger partial charge < -0.3 is 9.30 Å². The molecule has 2 amide bonds. The lowest BCUT2D eigenvalue weighted by atomic mass is 10.0. The van der Waals surface area contributed by atoms with Crippen LogP contribution in [0.5, 0.6) is 0 Å². The number of nitrogens with one attached hydrogen (secondary N) is 1. The van der Waals surface area contributed by atoms with Crippen molar-refractivity contribution in [2.75, 3.05) is 11.5 Å². The SMILES string of the molecule is CCOC(=O)c1ccc(-n2c(-c3ccccc3)cc(/C=C3/C(=O)NC(=S)N(c4ccc(F)c(Cl)c4)C3=O)c2-c2ccccc2)cc1. The summed E-state index contributed by atoms with van der Waals surface area (Å²) < 4.78 is 21.1. The van der Waals surface area contributed by atoms with Gasteiger partial charge in [-0.25, -0.2) is 9.18 Å². The van der Waals surface area contributed by atoms with Gasteiger partial charge >= 0.3 is 5.97 Å². The molecule has 6 rings (SSSR count). The van der Waals surface area contributed by atoms with Crippen LogP contribution in [0.3, 0.4) is 0 Å². The number of aromatic nitrogens is 1. The molecule has 0 radical (unpaired) electrons. The molecular formula is C36H25ClFN3O4S. The van der Waals surface area contributed by atoms with E-state index in [1.54, 1.807) is 19.1 Å². The van der Waals surface area contributed by atoms with E-state index < -0.39 is 23.6 Å². The third-order valence-electron chi connectivity index (χ3n) is 7.35. The first-order valence-corrected chi connectivity index (χ1v) is 15.1. The highest BCUT2D eigenvalue weighted by molar-refractivity contribution is 7.80. The first-order valence-electron chi connectivity index (χ1n) is 14.3. The molecule has 10 heteroatoms. The summed E-state index contributed by atoms with van der Waals surface area (Å²) in [6, 6.07) is 31.9. The van der Waals surface area contributed by atoms with Crippen molar-refractivity contribution in [3.8, 4) is 28.2 Å². The highest BCUT2D eigenvalue weighted by atomic mass is 35.5. The first kappa shape index (κ1) is 30.6. The molecule has 46 heavy (non-hydrogen) atoms. The summed E-state index contributed by atoms with van der Waals surface area (Å²) in [5.74, 6) is -2.45. The molecule has 5 aromatic rings. The zero-order valence-corrected chi connectivity index (χ0v) is 25.9. The summed E-state index contributed by atoms with van der Waals surface area (Å²) >= 11 is 11.3. The number of ether oxygens (including phenoxy) is 1. The second-order valence-corrected chi connectivity index (χ2v) is 11.0. The number of benzene rings is 4. The van der Waals surface area contributed by atoms with Gasteiger partial charge in [0.2, 0.25) is 0 Å². The molecule has 7 nitrogen and oxygen atoms in total. The fourth-order valence-electron chi connectivity index (χ4n) is 5.25.